The Morgan fingerprint density at radius 3 is 2.72 bits per heavy atom. The zero-order chi connectivity index (χ0) is 25.3. The lowest BCUT2D eigenvalue weighted by atomic mass is 10.1. The van der Waals surface area contributed by atoms with Crippen molar-refractivity contribution in [2.24, 2.45) is 5.10 Å². The number of thioether (sulfide) groups is 2. The first-order valence-electron chi connectivity index (χ1n) is 10.7. The topological polar surface area (TPSA) is 136 Å². The average molecular weight is 605 g/mol. The third kappa shape index (κ3) is 7.29. The number of nitrogen functional groups attached to an aromatic ring is 1. The average Bonchev–Trinajstić information content (AvgIpc) is 3.48. The summed E-state index contributed by atoms with van der Waals surface area (Å²) in [7, 11) is 0. The standard InChI is InChI=1S/C22H22BrN9OS3/c1-2-17(15-8-4-3-5-9-15)26-27-19-28-30-21(32(19)24)34-13-18(33)25-20-29-31-22(36-20)35-12-14-7-6-10-16(23)11-14/h3-11H,2,12-13,24H2,1H3,(H,27,28)(H,25,29,33)/b26-17+. The van der Waals surface area contributed by atoms with Crippen LogP contribution in [-0.2, 0) is 10.5 Å². The number of anilines is 2. The van der Waals surface area contributed by atoms with E-state index < -0.39 is 0 Å². The van der Waals surface area contributed by atoms with Gasteiger partial charge in [0.15, 0.2) is 4.34 Å². The molecule has 0 radical (unpaired) electrons. The normalized spacial score (nSPS) is 11.4. The smallest absolute Gasteiger partial charge is 0.264 e. The summed E-state index contributed by atoms with van der Waals surface area (Å²) in [5, 5.41) is 24.2. The summed E-state index contributed by atoms with van der Waals surface area (Å²) in [4.78, 5) is 12.4. The highest BCUT2D eigenvalue weighted by molar-refractivity contribution is 9.10. The fourth-order valence-corrected chi connectivity index (χ4v) is 5.74. The van der Waals surface area contributed by atoms with Crippen LogP contribution in [0.2, 0.25) is 0 Å². The SMILES string of the molecule is CC/C(=N\Nc1nnc(SCC(=O)Nc2nnc(SCc3cccc(Br)c3)s2)n1N)c1ccccc1. The number of hydrogen-bond donors (Lipinski definition) is 3. The highest BCUT2D eigenvalue weighted by Gasteiger charge is 2.14. The molecule has 4 rings (SSSR count). The number of halogens is 1. The molecule has 36 heavy (non-hydrogen) atoms. The van der Waals surface area contributed by atoms with Gasteiger partial charge in [0.25, 0.3) is 5.95 Å². The second kappa shape index (κ2) is 12.9. The molecule has 2 heterocycles. The number of nitrogens with one attached hydrogen (secondary N) is 2. The van der Waals surface area contributed by atoms with Crippen molar-refractivity contribution in [3.63, 3.8) is 0 Å². The molecular weight excluding hydrogens is 582 g/mol. The van der Waals surface area contributed by atoms with Crippen molar-refractivity contribution in [2.75, 3.05) is 22.3 Å². The van der Waals surface area contributed by atoms with Gasteiger partial charge in [-0.3, -0.25) is 10.1 Å². The molecule has 0 fully saturated rings. The highest BCUT2D eigenvalue weighted by Crippen LogP contribution is 2.29. The minimum atomic E-state index is -0.243. The van der Waals surface area contributed by atoms with Crippen LogP contribution in [0, 0.1) is 0 Å². The number of carbonyl (C=O) groups is 1. The van der Waals surface area contributed by atoms with Gasteiger partial charge in [-0.1, -0.05) is 100 Å². The monoisotopic (exact) mass is 603 g/mol. The fourth-order valence-electron chi connectivity index (χ4n) is 2.92. The van der Waals surface area contributed by atoms with Crippen molar-refractivity contribution in [1.82, 2.24) is 25.1 Å². The first-order chi connectivity index (χ1) is 17.5. The Hall–Kier alpha value is -2.94. The van der Waals surface area contributed by atoms with Crippen LogP contribution in [-0.4, -0.2) is 42.4 Å². The number of hydrazone groups is 1. The number of hydrogen-bond acceptors (Lipinski definition) is 11. The Bertz CT molecular complexity index is 1340. The lowest BCUT2D eigenvalue weighted by Crippen LogP contribution is -2.17. The molecule has 4 N–H and O–H groups in total. The molecule has 0 saturated heterocycles. The van der Waals surface area contributed by atoms with Crippen molar-refractivity contribution in [1.29, 1.82) is 0 Å². The summed E-state index contributed by atoms with van der Waals surface area (Å²) in [6.45, 7) is 2.02. The molecular formula is C22H22BrN9OS3. The molecule has 0 unspecified atom stereocenters. The molecule has 0 atom stereocenters. The van der Waals surface area contributed by atoms with E-state index in [2.05, 4.69) is 58.2 Å². The Labute approximate surface area is 228 Å². The van der Waals surface area contributed by atoms with Gasteiger partial charge in [0, 0.05) is 10.2 Å². The van der Waals surface area contributed by atoms with Gasteiger partial charge >= 0.3 is 0 Å². The molecule has 2 aromatic carbocycles. The molecule has 0 saturated carbocycles. The van der Waals surface area contributed by atoms with Crippen molar-refractivity contribution in [2.45, 2.75) is 28.6 Å². The van der Waals surface area contributed by atoms with Crippen LogP contribution in [0.15, 0.2) is 73.7 Å². The number of aromatic nitrogens is 5. The van der Waals surface area contributed by atoms with Gasteiger partial charge in [0.2, 0.25) is 16.2 Å². The first kappa shape index (κ1) is 26.1. The van der Waals surface area contributed by atoms with E-state index in [0.717, 1.165) is 44.0 Å². The predicted molar refractivity (Wildman–Crippen MR) is 150 cm³/mol. The molecule has 0 aliphatic heterocycles. The number of amides is 1. The minimum absolute atomic E-state index is 0.0862. The van der Waals surface area contributed by atoms with Crippen LogP contribution < -0.4 is 16.6 Å². The van der Waals surface area contributed by atoms with Gasteiger partial charge in [0.05, 0.1) is 11.5 Å². The van der Waals surface area contributed by atoms with Gasteiger partial charge in [0.1, 0.15) is 0 Å². The van der Waals surface area contributed by atoms with Crippen LogP contribution in [0.5, 0.6) is 0 Å². The predicted octanol–water partition coefficient (Wildman–Crippen LogP) is 4.86. The minimum Gasteiger partial charge on any atom is -0.334 e. The van der Waals surface area contributed by atoms with Crippen LogP contribution in [0.25, 0.3) is 0 Å². The van der Waals surface area contributed by atoms with Crippen LogP contribution in [0.1, 0.15) is 24.5 Å². The molecule has 10 nitrogen and oxygen atoms in total. The van der Waals surface area contributed by atoms with E-state index in [9.17, 15) is 4.79 Å². The first-order valence-corrected chi connectivity index (χ1v) is 14.3. The highest BCUT2D eigenvalue weighted by atomic mass is 79.9. The number of nitrogens with two attached hydrogens (primary N) is 1. The Kier molecular flexibility index (Phi) is 9.33. The molecule has 2 aromatic heterocycles. The van der Waals surface area contributed by atoms with Gasteiger partial charge in [-0.2, -0.15) is 5.10 Å². The number of nitrogens with zero attached hydrogens (tertiary/aromatic N) is 6. The third-order valence-electron chi connectivity index (χ3n) is 4.63. The maximum absolute atomic E-state index is 12.4. The van der Waals surface area contributed by atoms with E-state index in [0.29, 0.717) is 10.3 Å². The van der Waals surface area contributed by atoms with E-state index in [1.165, 1.54) is 21.6 Å². The number of rotatable bonds is 11. The maximum Gasteiger partial charge on any atom is 0.264 e. The van der Waals surface area contributed by atoms with E-state index in [1.54, 1.807) is 11.8 Å². The molecule has 14 heteroatoms. The van der Waals surface area contributed by atoms with Gasteiger partial charge in [-0.15, -0.1) is 20.4 Å². The molecule has 0 aliphatic rings. The molecule has 4 aromatic rings. The third-order valence-corrected chi connectivity index (χ3v) is 8.11. The summed E-state index contributed by atoms with van der Waals surface area (Å²) in [6, 6.07) is 17.9. The lowest BCUT2D eigenvalue weighted by molar-refractivity contribution is -0.113. The largest absolute Gasteiger partial charge is 0.334 e. The van der Waals surface area contributed by atoms with Crippen LogP contribution >= 0.6 is 50.8 Å². The Morgan fingerprint density at radius 2 is 1.94 bits per heavy atom. The fraction of sp³-hybridized carbons (Fsp3) is 0.182. The quantitative estimate of drug-likeness (QED) is 0.0721. The van der Waals surface area contributed by atoms with E-state index >= 15 is 0 Å². The maximum atomic E-state index is 12.4. The molecule has 186 valence electrons. The molecule has 0 aliphatic carbocycles. The lowest BCUT2D eigenvalue weighted by Gasteiger charge is -2.06. The second-order valence-corrected chi connectivity index (χ2v) is 11.3. The van der Waals surface area contributed by atoms with Crippen molar-refractivity contribution >= 4 is 73.5 Å². The number of carbonyl (C=O) groups excluding carboxylic acids is 1. The summed E-state index contributed by atoms with van der Waals surface area (Å²) < 4.78 is 3.07. The summed E-state index contributed by atoms with van der Waals surface area (Å²) in [5.41, 5.74) is 5.89. The Morgan fingerprint density at radius 1 is 1.11 bits per heavy atom. The second-order valence-electron chi connectivity index (χ2n) is 7.19. The molecule has 1 amide bonds. The zero-order valence-electron chi connectivity index (χ0n) is 19.1. The van der Waals surface area contributed by atoms with Crippen molar-refractivity contribution in [3.05, 3.63) is 70.2 Å². The summed E-state index contributed by atoms with van der Waals surface area (Å²) >= 11 is 7.52. The van der Waals surface area contributed by atoms with E-state index in [4.69, 9.17) is 5.84 Å². The summed E-state index contributed by atoms with van der Waals surface area (Å²) in [6.07, 6.45) is 0.730. The van der Waals surface area contributed by atoms with E-state index in [1.807, 2.05) is 55.5 Å². The van der Waals surface area contributed by atoms with Crippen molar-refractivity contribution < 1.29 is 4.79 Å². The number of benzene rings is 2. The van der Waals surface area contributed by atoms with Gasteiger partial charge < -0.3 is 5.84 Å². The Balaban J connectivity index is 1.26. The van der Waals surface area contributed by atoms with Crippen LogP contribution in [0.4, 0.5) is 11.1 Å². The molecule has 0 bridgehead atoms. The van der Waals surface area contributed by atoms with E-state index in [-0.39, 0.29) is 17.6 Å². The summed E-state index contributed by atoms with van der Waals surface area (Å²) in [5.74, 6) is 6.96. The zero-order valence-corrected chi connectivity index (χ0v) is 23.1. The molecule has 0 spiro atoms. The van der Waals surface area contributed by atoms with Crippen LogP contribution in [0.3, 0.4) is 0 Å². The van der Waals surface area contributed by atoms with Gasteiger partial charge in [-0.05, 0) is 29.7 Å². The van der Waals surface area contributed by atoms with Gasteiger partial charge in [-0.25, -0.2) is 10.1 Å². The van der Waals surface area contributed by atoms with Crippen molar-refractivity contribution in [3.8, 4) is 0 Å².